The molecule has 0 radical (unpaired) electrons. The molecule has 1 atom stereocenters. The first-order valence-electron chi connectivity index (χ1n) is 3.50. The molecular formula is C7H11NO2. The maximum Gasteiger partial charge on any atom is 0.230 e. The summed E-state index contributed by atoms with van der Waals surface area (Å²) in [5.74, 6) is -0.482. The van der Waals surface area contributed by atoms with E-state index in [9.17, 15) is 9.59 Å². The molecule has 0 aliphatic carbocycles. The van der Waals surface area contributed by atoms with Crippen molar-refractivity contribution in [1.82, 2.24) is 5.32 Å². The van der Waals surface area contributed by atoms with Crippen LogP contribution in [0.4, 0.5) is 0 Å². The topological polar surface area (TPSA) is 46.2 Å². The molecule has 1 fully saturated rings. The minimum Gasteiger partial charge on any atom is -0.355 e. The Balaban J connectivity index is 2.56. The minimum atomic E-state index is -0.367. The maximum atomic E-state index is 10.9. The molecular weight excluding hydrogens is 130 g/mol. The van der Waals surface area contributed by atoms with Crippen molar-refractivity contribution in [1.29, 1.82) is 0 Å². The van der Waals surface area contributed by atoms with Crippen molar-refractivity contribution in [2.24, 2.45) is 5.92 Å². The number of hydrogen-bond acceptors (Lipinski definition) is 2. The average molecular weight is 141 g/mol. The first-order chi connectivity index (χ1) is 4.72. The summed E-state index contributed by atoms with van der Waals surface area (Å²) < 4.78 is 0. The van der Waals surface area contributed by atoms with Crippen LogP contribution in [-0.2, 0) is 9.59 Å². The Labute approximate surface area is 59.8 Å². The van der Waals surface area contributed by atoms with Crippen LogP contribution in [0.5, 0.6) is 0 Å². The van der Waals surface area contributed by atoms with Gasteiger partial charge in [-0.05, 0) is 19.8 Å². The zero-order valence-electron chi connectivity index (χ0n) is 6.02. The Bertz CT molecular complexity index is 165. The fourth-order valence-electron chi connectivity index (χ4n) is 1.16. The molecule has 0 bridgehead atoms. The zero-order chi connectivity index (χ0) is 7.56. The summed E-state index contributed by atoms with van der Waals surface area (Å²) in [7, 11) is 0. The predicted molar refractivity (Wildman–Crippen MR) is 36.4 cm³/mol. The lowest BCUT2D eigenvalue weighted by Crippen LogP contribution is -2.39. The van der Waals surface area contributed by atoms with Crippen LogP contribution < -0.4 is 5.32 Å². The van der Waals surface area contributed by atoms with E-state index in [1.54, 1.807) is 0 Å². The van der Waals surface area contributed by atoms with E-state index < -0.39 is 0 Å². The number of rotatable bonds is 1. The van der Waals surface area contributed by atoms with Gasteiger partial charge in [0.1, 0.15) is 5.78 Å². The second-order valence-electron chi connectivity index (χ2n) is 2.60. The Kier molecular flexibility index (Phi) is 2.04. The van der Waals surface area contributed by atoms with Crippen molar-refractivity contribution in [2.75, 3.05) is 6.54 Å². The van der Waals surface area contributed by atoms with Crippen LogP contribution >= 0.6 is 0 Å². The van der Waals surface area contributed by atoms with Gasteiger partial charge in [0.2, 0.25) is 5.91 Å². The number of piperidine rings is 1. The maximum absolute atomic E-state index is 10.9. The van der Waals surface area contributed by atoms with Crippen LogP contribution in [-0.4, -0.2) is 18.2 Å². The van der Waals surface area contributed by atoms with Gasteiger partial charge < -0.3 is 5.32 Å². The largest absolute Gasteiger partial charge is 0.355 e. The predicted octanol–water partition coefficient (Wildman–Crippen LogP) is 0.102. The lowest BCUT2D eigenvalue weighted by Gasteiger charge is -2.18. The van der Waals surface area contributed by atoms with Gasteiger partial charge in [-0.15, -0.1) is 0 Å². The van der Waals surface area contributed by atoms with Crippen LogP contribution in [0.2, 0.25) is 0 Å². The molecule has 0 unspecified atom stereocenters. The third kappa shape index (κ3) is 1.35. The molecule has 10 heavy (non-hydrogen) atoms. The third-order valence-electron chi connectivity index (χ3n) is 1.78. The summed E-state index contributed by atoms with van der Waals surface area (Å²) in [6.45, 7) is 2.19. The van der Waals surface area contributed by atoms with Gasteiger partial charge in [0.25, 0.3) is 0 Å². The van der Waals surface area contributed by atoms with Gasteiger partial charge in [0.15, 0.2) is 0 Å². The van der Waals surface area contributed by atoms with E-state index in [1.807, 2.05) is 0 Å². The number of nitrogens with one attached hydrogen (secondary N) is 1. The molecule has 1 aliphatic rings. The van der Waals surface area contributed by atoms with E-state index >= 15 is 0 Å². The van der Waals surface area contributed by atoms with Crippen LogP contribution in [0.15, 0.2) is 0 Å². The highest BCUT2D eigenvalue weighted by molar-refractivity contribution is 6.00. The summed E-state index contributed by atoms with van der Waals surface area (Å²) in [5.41, 5.74) is 0. The lowest BCUT2D eigenvalue weighted by molar-refractivity contribution is -0.134. The number of carbonyl (C=O) groups is 2. The molecule has 1 aliphatic heterocycles. The fourth-order valence-corrected chi connectivity index (χ4v) is 1.16. The summed E-state index contributed by atoms with van der Waals surface area (Å²) >= 11 is 0. The van der Waals surface area contributed by atoms with E-state index in [2.05, 4.69) is 5.32 Å². The highest BCUT2D eigenvalue weighted by Crippen LogP contribution is 2.11. The van der Waals surface area contributed by atoms with Gasteiger partial charge in [0.05, 0.1) is 5.92 Å². The molecule has 0 aromatic rings. The molecule has 1 heterocycles. The first kappa shape index (κ1) is 7.25. The van der Waals surface area contributed by atoms with E-state index in [-0.39, 0.29) is 17.6 Å². The summed E-state index contributed by atoms with van der Waals surface area (Å²) in [6.07, 6.45) is 1.65. The Morgan fingerprint density at radius 3 is 2.80 bits per heavy atom. The number of ketones is 1. The van der Waals surface area contributed by atoms with Gasteiger partial charge in [-0.3, -0.25) is 9.59 Å². The quantitative estimate of drug-likeness (QED) is 0.526. The lowest BCUT2D eigenvalue weighted by atomic mass is 9.95. The molecule has 3 nitrogen and oxygen atoms in total. The van der Waals surface area contributed by atoms with Crippen LogP contribution in [0.1, 0.15) is 19.8 Å². The summed E-state index contributed by atoms with van der Waals surface area (Å²) in [4.78, 5) is 21.7. The van der Waals surface area contributed by atoms with Crippen molar-refractivity contribution >= 4 is 11.7 Å². The Morgan fingerprint density at radius 2 is 2.40 bits per heavy atom. The summed E-state index contributed by atoms with van der Waals surface area (Å²) in [6, 6.07) is 0. The van der Waals surface area contributed by atoms with Crippen molar-refractivity contribution < 1.29 is 9.59 Å². The highest BCUT2D eigenvalue weighted by atomic mass is 16.2. The summed E-state index contributed by atoms with van der Waals surface area (Å²) in [5, 5.41) is 2.65. The van der Waals surface area contributed by atoms with Gasteiger partial charge in [-0.2, -0.15) is 0 Å². The van der Waals surface area contributed by atoms with E-state index in [1.165, 1.54) is 6.92 Å². The third-order valence-corrected chi connectivity index (χ3v) is 1.78. The van der Waals surface area contributed by atoms with Gasteiger partial charge in [-0.1, -0.05) is 0 Å². The fraction of sp³-hybridized carbons (Fsp3) is 0.714. The molecule has 0 aromatic carbocycles. The van der Waals surface area contributed by atoms with Crippen molar-refractivity contribution in [3.05, 3.63) is 0 Å². The molecule has 1 saturated heterocycles. The van der Waals surface area contributed by atoms with E-state index in [0.29, 0.717) is 0 Å². The van der Waals surface area contributed by atoms with Gasteiger partial charge in [-0.25, -0.2) is 0 Å². The van der Waals surface area contributed by atoms with Crippen molar-refractivity contribution in [2.45, 2.75) is 19.8 Å². The number of Topliss-reactive ketones (excluding diaryl/α,β-unsaturated/α-hetero) is 1. The Morgan fingerprint density at radius 1 is 1.70 bits per heavy atom. The van der Waals surface area contributed by atoms with Crippen LogP contribution in [0, 0.1) is 5.92 Å². The molecule has 0 aromatic heterocycles. The molecule has 0 saturated carbocycles. The zero-order valence-corrected chi connectivity index (χ0v) is 6.02. The molecule has 56 valence electrons. The standard InChI is InChI=1S/C7H11NO2/c1-5(9)6-3-2-4-8-7(6)10/h6H,2-4H2,1H3,(H,8,10)/t6-/m1/s1. The average Bonchev–Trinajstić information content (AvgIpc) is 1.88. The van der Waals surface area contributed by atoms with Crippen LogP contribution in [0.25, 0.3) is 0 Å². The smallest absolute Gasteiger partial charge is 0.230 e. The van der Waals surface area contributed by atoms with Crippen LogP contribution in [0.3, 0.4) is 0 Å². The second kappa shape index (κ2) is 2.82. The normalized spacial score (nSPS) is 25.7. The molecule has 3 heteroatoms. The Hall–Kier alpha value is -0.860. The molecule has 1 rings (SSSR count). The molecule has 0 spiro atoms. The molecule has 1 amide bonds. The highest BCUT2D eigenvalue weighted by Gasteiger charge is 2.25. The van der Waals surface area contributed by atoms with Crippen molar-refractivity contribution in [3.8, 4) is 0 Å². The van der Waals surface area contributed by atoms with Gasteiger partial charge in [0, 0.05) is 6.54 Å². The van der Waals surface area contributed by atoms with Gasteiger partial charge >= 0.3 is 0 Å². The number of hydrogen-bond donors (Lipinski definition) is 1. The molecule has 1 N–H and O–H groups in total. The number of carbonyl (C=O) groups excluding carboxylic acids is 2. The monoisotopic (exact) mass is 141 g/mol. The minimum absolute atomic E-state index is 0.0165. The second-order valence-corrected chi connectivity index (χ2v) is 2.60. The first-order valence-corrected chi connectivity index (χ1v) is 3.50. The number of amides is 1. The van der Waals surface area contributed by atoms with E-state index in [4.69, 9.17) is 0 Å². The SMILES string of the molecule is CC(=O)[C@H]1CCCNC1=O. The van der Waals surface area contributed by atoms with Crippen molar-refractivity contribution in [3.63, 3.8) is 0 Å². The van der Waals surface area contributed by atoms with E-state index in [0.717, 1.165) is 19.4 Å².